The minimum Gasteiger partial charge on any atom is -0.487 e. The molecule has 0 atom stereocenters. The summed E-state index contributed by atoms with van der Waals surface area (Å²) >= 11 is 0. The summed E-state index contributed by atoms with van der Waals surface area (Å²) in [5.74, 6) is 2.61. The molecule has 2 aromatic carbocycles. The molecular weight excluding hydrogens is 666 g/mol. The zero-order chi connectivity index (χ0) is 37.7. The smallest absolute Gasteiger partial charge is 0.248 e. The van der Waals surface area contributed by atoms with Gasteiger partial charge in [0.25, 0.3) is 0 Å². The molecule has 300 valence electrons. The summed E-state index contributed by atoms with van der Waals surface area (Å²) in [6.07, 6.45) is 22.4. The lowest BCUT2D eigenvalue weighted by Gasteiger charge is -2.35. The summed E-state index contributed by atoms with van der Waals surface area (Å²) in [4.78, 5) is 15.9. The van der Waals surface area contributed by atoms with E-state index in [2.05, 4.69) is 20.8 Å². The predicted molar refractivity (Wildman–Crippen MR) is 216 cm³/mol. The molecule has 0 unspecified atom stereocenters. The molecular formula is C45H73NO7. The molecule has 1 aliphatic heterocycles. The topological polar surface area (TPSA) is 75.7 Å². The van der Waals surface area contributed by atoms with Gasteiger partial charge in [-0.2, -0.15) is 0 Å². The van der Waals surface area contributed by atoms with Gasteiger partial charge in [-0.1, -0.05) is 148 Å². The summed E-state index contributed by atoms with van der Waals surface area (Å²) in [6, 6.07) is 15.4. The van der Waals surface area contributed by atoms with Crippen LogP contribution in [0.1, 0.15) is 143 Å². The van der Waals surface area contributed by atoms with Crippen LogP contribution in [0.5, 0.6) is 23.0 Å². The van der Waals surface area contributed by atoms with Crippen molar-refractivity contribution in [1.82, 2.24) is 4.90 Å². The second-order valence-corrected chi connectivity index (χ2v) is 14.7. The molecule has 8 nitrogen and oxygen atoms in total. The lowest BCUT2D eigenvalue weighted by Crippen LogP contribution is -2.48. The molecule has 8 heteroatoms. The number of para-hydroxylation sites is 4. The van der Waals surface area contributed by atoms with Gasteiger partial charge in [0.05, 0.1) is 13.2 Å². The standard InChI is InChI=1S/C45H73NO7/c1-4-7-10-11-12-13-14-15-16-17-18-23-30-45(53-37-44(47)46(31-24-8-5-2)32-25-9-6-3)38-51-42-28-21-19-26-40(42)49-35-33-48-34-36-50-41-27-20-22-29-43(41)52-39-45/h19-22,26-29H,4-18,23-25,30-39H2,1-3H3. The van der Waals surface area contributed by atoms with Crippen LogP contribution >= 0.6 is 0 Å². The Labute approximate surface area is 322 Å². The SMILES string of the molecule is CCCCCCCCCCCCCCC1(OCC(=O)N(CCCCC)CCCCC)COc2ccccc2OCCOCCOc2ccccc2OC1. The average Bonchev–Trinajstić information content (AvgIpc) is 3.18. The Kier molecular flexibility index (Phi) is 23.9. The molecule has 0 radical (unpaired) electrons. The molecule has 0 N–H and O–H groups in total. The van der Waals surface area contributed by atoms with Crippen LogP contribution in [0.3, 0.4) is 0 Å². The van der Waals surface area contributed by atoms with Gasteiger partial charge in [0.2, 0.25) is 5.91 Å². The second-order valence-electron chi connectivity index (χ2n) is 14.7. The maximum atomic E-state index is 13.9. The second kappa shape index (κ2) is 28.5. The molecule has 0 saturated heterocycles. The number of hydrogen-bond acceptors (Lipinski definition) is 7. The van der Waals surface area contributed by atoms with Crippen molar-refractivity contribution in [2.75, 3.05) is 59.3 Å². The third-order valence-electron chi connectivity index (χ3n) is 10.1. The van der Waals surface area contributed by atoms with Crippen molar-refractivity contribution in [3.8, 4) is 23.0 Å². The van der Waals surface area contributed by atoms with Crippen LogP contribution in [0.15, 0.2) is 48.5 Å². The molecule has 53 heavy (non-hydrogen) atoms. The molecule has 0 saturated carbocycles. The summed E-state index contributed by atoms with van der Waals surface area (Å²) < 4.78 is 37.9. The lowest BCUT2D eigenvalue weighted by molar-refractivity contribution is -0.151. The van der Waals surface area contributed by atoms with E-state index >= 15 is 0 Å². The maximum absolute atomic E-state index is 13.9. The number of amides is 1. The highest BCUT2D eigenvalue weighted by atomic mass is 16.6. The number of ether oxygens (including phenoxy) is 6. The van der Waals surface area contributed by atoms with E-state index in [1.807, 2.05) is 53.4 Å². The van der Waals surface area contributed by atoms with E-state index in [-0.39, 0.29) is 25.7 Å². The maximum Gasteiger partial charge on any atom is 0.248 e. The van der Waals surface area contributed by atoms with Crippen LogP contribution in [0.4, 0.5) is 0 Å². The fourth-order valence-electron chi connectivity index (χ4n) is 6.72. The van der Waals surface area contributed by atoms with Gasteiger partial charge in [-0.15, -0.1) is 0 Å². The molecule has 0 aliphatic carbocycles. The number of carbonyl (C=O) groups is 1. The van der Waals surface area contributed by atoms with E-state index in [9.17, 15) is 4.79 Å². The summed E-state index contributed by atoms with van der Waals surface area (Å²) in [7, 11) is 0. The van der Waals surface area contributed by atoms with Gasteiger partial charge >= 0.3 is 0 Å². The molecule has 0 aromatic heterocycles. The monoisotopic (exact) mass is 740 g/mol. The minimum absolute atomic E-state index is 0.0170. The van der Waals surface area contributed by atoms with Gasteiger partial charge in [0.15, 0.2) is 23.0 Å². The van der Waals surface area contributed by atoms with Crippen LogP contribution in [0, 0.1) is 0 Å². The van der Waals surface area contributed by atoms with Gasteiger partial charge in [-0.05, 0) is 43.5 Å². The average molecular weight is 740 g/mol. The lowest BCUT2D eigenvalue weighted by atomic mass is 9.96. The Morgan fingerprint density at radius 2 is 0.943 bits per heavy atom. The normalized spacial score (nSPS) is 14.8. The van der Waals surface area contributed by atoms with E-state index in [4.69, 9.17) is 28.4 Å². The highest BCUT2D eigenvalue weighted by Crippen LogP contribution is 2.32. The summed E-state index contributed by atoms with van der Waals surface area (Å²) in [6.45, 7) is 10.2. The van der Waals surface area contributed by atoms with Crippen LogP contribution in [0.25, 0.3) is 0 Å². The van der Waals surface area contributed by atoms with E-state index in [0.29, 0.717) is 55.8 Å². The minimum atomic E-state index is -0.882. The molecule has 0 bridgehead atoms. The highest BCUT2D eigenvalue weighted by Gasteiger charge is 2.35. The number of unbranched alkanes of at least 4 members (excludes halogenated alkanes) is 15. The van der Waals surface area contributed by atoms with E-state index in [1.165, 1.54) is 64.2 Å². The zero-order valence-electron chi connectivity index (χ0n) is 33.7. The first-order valence-corrected chi connectivity index (χ1v) is 21.3. The molecule has 0 spiro atoms. The first kappa shape index (κ1) is 44.4. The quantitative estimate of drug-likeness (QED) is 0.0992. The first-order valence-electron chi connectivity index (χ1n) is 21.3. The van der Waals surface area contributed by atoms with Crippen LogP contribution in [0.2, 0.25) is 0 Å². The number of carbonyl (C=O) groups excluding carboxylic acids is 1. The van der Waals surface area contributed by atoms with Crippen molar-refractivity contribution in [3.05, 3.63) is 48.5 Å². The van der Waals surface area contributed by atoms with Crippen molar-refractivity contribution in [2.24, 2.45) is 0 Å². The van der Waals surface area contributed by atoms with Crippen molar-refractivity contribution in [2.45, 2.75) is 148 Å². The van der Waals surface area contributed by atoms with Crippen molar-refractivity contribution in [3.63, 3.8) is 0 Å². The molecule has 2 aromatic rings. The predicted octanol–water partition coefficient (Wildman–Crippen LogP) is 11.0. The Bertz CT molecular complexity index is 1140. The molecule has 1 heterocycles. The number of nitrogens with zero attached hydrogens (tertiary/aromatic N) is 1. The fraction of sp³-hybridized carbons (Fsp3) is 0.711. The molecule has 1 aliphatic rings. The largest absolute Gasteiger partial charge is 0.487 e. The third kappa shape index (κ3) is 18.8. The van der Waals surface area contributed by atoms with Crippen molar-refractivity contribution >= 4 is 5.91 Å². The Balaban J connectivity index is 1.79. The van der Waals surface area contributed by atoms with Gasteiger partial charge in [-0.25, -0.2) is 0 Å². The van der Waals surface area contributed by atoms with Crippen molar-refractivity contribution < 1.29 is 33.2 Å². The Morgan fingerprint density at radius 1 is 0.547 bits per heavy atom. The van der Waals surface area contributed by atoms with E-state index < -0.39 is 5.60 Å². The van der Waals surface area contributed by atoms with Gasteiger partial charge in [-0.3, -0.25) is 4.79 Å². The van der Waals surface area contributed by atoms with Gasteiger partial charge < -0.3 is 33.3 Å². The van der Waals surface area contributed by atoms with Gasteiger partial charge in [0.1, 0.15) is 38.6 Å². The van der Waals surface area contributed by atoms with Gasteiger partial charge in [0, 0.05) is 13.1 Å². The van der Waals surface area contributed by atoms with Crippen molar-refractivity contribution in [1.29, 1.82) is 0 Å². The van der Waals surface area contributed by atoms with E-state index in [1.54, 1.807) is 0 Å². The number of rotatable bonds is 24. The highest BCUT2D eigenvalue weighted by molar-refractivity contribution is 5.77. The van der Waals surface area contributed by atoms with Crippen LogP contribution in [-0.2, 0) is 14.3 Å². The molecule has 1 amide bonds. The first-order chi connectivity index (χ1) is 26.1. The Morgan fingerprint density at radius 3 is 1.40 bits per heavy atom. The van der Waals surface area contributed by atoms with Crippen LogP contribution in [-0.4, -0.2) is 75.7 Å². The number of hydrogen-bond donors (Lipinski definition) is 0. The fourth-order valence-corrected chi connectivity index (χ4v) is 6.72. The Hall–Kier alpha value is -2.97. The number of benzene rings is 2. The third-order valence-corrected chi connectivity index (χ3v) is 10.1. The summed E-state index contributed by atoms with van der Waals surface area (Å²) in [5, 5.41) is 0. The number of fused-ring (bicyclic) bond motifs is 2. The zero-order valence-corrected chi connectivity index (χ0v) is 33.7. The molecule has 3 rings (SSSR count). The summed E-state index contributed by atoms with van der Waals surface area (Å²) in [5.41, 5.74) is -0.882. The molecule has 0 fully saturated rings. The van der Waals surface area contributed by atoms with E-state index in [0.717, 1.165) is 64.5 Å². The van der Waals surface area contributed by atoms with Crippen LogP contribution < -0.4 is 18.9 Å².